The first-order valence-electron chi connectivity index (χ1n) is 6.83. The minimum absolute atomic E-state index is 0.0586. The summed E-state index contributed by atoms with van der Waals surface area (Å²) in [5.41, 5.74) is 0.920. The minimum atomic E-state index is -3.50. The van der Waals surface area contributed by atoms with Crippen molar-refractivity contribution in [3.63, 3.8) is 0 Å². The van der Waals surface area contributed by atoms with Gasteiger partial charge in [-0.1, -0.05) is 12.1 Å². The average molecular weight is 299 g/mol. The molecule has 0 aliphatic carbocycles. The van der Waals surface area contributed by atoms with Crippen LogP contribution in [0.25, 0.3) is 0 Å². The Balaban J connectivity index is 2.05. The van der Waals surface area contributed by atoms with Gasteiger partial charge in [0.2, 0.25) is 10.0 Å². The van der Waals surface area contributed by atoms with E-state index in [1.165, 1.54) is 0 Å². The second kappa shape index (κ2) is 6.67. The molecule has 0 amide bonds. The van der Waals surface area contributed by atoms with Gasteiger partial charge < -0.3 is 9.84 Å². The maximum absolute atomic E-state index is 12.3. The van der Waals surface area contributed by atoms with E-state index in [1.54, 1.807) is 24.3 Å². The quantitative estimate of drug-likeness (QED) is 0.819. The van der Waals surface area contributed by atoms with Crippen molar-refractivity contribution < 1.29 is 18.3 Å². The molecule has 2 unspecified atom stereocenters. The number of aliphatic hydroxyl groups excluding tert-OH is 1. The lowest BCUT2D eigenvalue weighted by Crippen LogP contribution is -2.38. The van der Waals surface area contributed by atoms with Crippen molar-refractivity contribution in [2.24, 2.45) is 5.92 Å². The lowest BCUT2D eigenvalue weighted by atomic mass is 10.0. The zero-order valence-corrected chi connectivity index (χ0v) is 12.4. The molecule has 20 heavy (non-hydrogen) atoms. The fourth-order valence-corrected chi connectivity index (χ4v) is 3.63. The molecule has 0 bridgehead atoms. The van der Waals surface area contributed by atoms with Crippen molar-refractivity contribution in [2.75, 3.05) is 19.8 Å². The molecule has 2 rings (SSSR count). The van der Waals surface area contributed by atoms with Gasteiger partial charge in [0.1, 0.15) is 0 Å². The Labute approximate surface area is 120 Å². The fraction of sp³-hybridized carbons (Fsp3) is 0.571. The zero-order valence-electron chi connectivity index (χ0n) is 11.6. The average Bonchev–Trinajstić information content (AvgIpc) is 2.93. The molecule has 1 aromatic rings. The third kappa shape index (κ3) is 3.79. The highest BCUT2D eigenvalue weighted by Gasteiger charge is 2.26. The van der Waals surface area contributed by atoms with Crippen LogP contribution in [0.4, 0.5) is 0 Å². The molecule has 5 nitrogen and oxygen atoms in total. The van der Waals surface area contributed by atoms with Crippen LogP contribution < -0.4 is 4.72 Å². The van der Waals surface area contributed by atoms with Gasteiger partial charge in [0.15, 0.2) is 0 Å². The molecule has 1 saturated heterocycles. The standard InChI is InChI=1S/C14H21NO4S/c1-11(13-7-9-19-10-13)15-20(17,18)14-4-2-12(3-5-14)6-8-16/h2-5,11,13,15-16H,6-10H2,1H3. The van der Waals surface area contributed by atoms with Gasteiger partial charge in [-0.3, -0.25) is 0 Å². The van der Waals surface area contributed by atoms with Crippen LogP contribution >= 0.6 is 0 Å². The van der Waals surface area contributed by atoms with Gasteiger partial charge in [-0.2, -0.15) is 0 Å². The lowest BCUT2D eigenvalue weighted by molar-refractivity contribution is 0.180. The van der Waals surface area contributed by atoms with Crippen LogP contribution in [0.1, 0.15) is 18.9 Å². The molecule has 112 valence electrons. The van der Waals surface area contributed by atoms with Gasteiger partial charge in [0.05, 0.1) is 11.5 Å². The number of rotatable bonds is 6. The third-order valence-corrected chi connectivity index (χ3v) is 5.22. The summed E-state index contributed by atoms with van der Waals surface area (Å²) < 4.78 is 32.5. The summed E-state index contributed by atoms with van der Waals surface area (Å²) in [6, 6.07) is 6.47. The number of hydrogen-bond acceptors (Lipinski definition) is 4. The van der Waals surface area contributed by atoms with Crippen molar-refractivity contribution in [3.8, 4) is 0 Å². The first-order chi connectivity index (χ1) is 9.53. The van der Waals surface area contributed by atoms with E-state index in [2.05, 4.69) is 4.72 Å². The highest BCUT2D eigenvalue weighted by Crippen LogP contribution is 2.19. The van der Waals surface area contributed by atoms with E-state index < -0.39 is 10.0 Å². The smallest absolute Gasteiger partial charge is 0.240 e. The van der Waals surface area contributed by atoms with Gasteiger partial charge in [-0.15, -0.1) is 0 Å². The molecule has 1 fully saturated rings. The molecule has 2 atom stereocenters. The molecule has 6 heteroatoms. The summed E-state index contributed by atoms with van der Waals surface area (Å²) in [6.07, 6.45) is 1.42. The monoisotopic (exact) mass is 299 g/mol. The Kier molecular flexibility index (Phi) is 5.15. The van der Waals surface area contributed by atoms with Crippen molar-refractivity contribution >= 4 is 10.0 Å². The predicted octanol–water partition coefficient (Wildman–Crippen LogP) is 0.925. The maximum Gasteiger partial charge on any atom is 0.240 e. The van der Waals surface area contributed by atoms with Crippen molar-refractivity contribution in [3.05, 3.63) is 29.8 Å². The van der Waals surface area contributed by atoms with Gasteiger partial charge in [-0.05, 0) is 37.5 Å². The van der Waals surface area contributed by atoms with Gasteiger partial charge in [0.25, 0.3) is 0 Å². The number of aliphatic hydroxyl groups is 1. The zero-order chi connectivity index (χ0) is 14.6. The second-order valence-electron chi connectivity index (χ2n) is 5.15. The third-order valence-electron chi connectivity index (χ3n) is 3.65. The summed E-state index contributed by atoms with van der Waals surface area (Å²) in [4.78, 5) is 0.255. The number of nitrogens with one attached hydrogen (secondary N) is 1. The Morgan fingerprint density at radius 3 is 2.65 bits per heavy atom. The van der Waals surface area contributed by atoms with Crippen LogP contribution in [0, 0.1) is 5.92 Å². The predicted molar refractivity (Wildman–Crippen MR) is 75.9 cm³/mol. The van der Waals surface area contributed by atoms with Crippen molar-refractivity contribution in [2.45, 2.75) is 30.7 Å². The highest BCUT2D eigenvalue weighted by atomic mass is 32.2. The first-order valence-corrected chi connectivity index (χ1v) is 8.31. The van der Waals surface area contributed by atoms with E-state index in [1.807, 2.05) is 6.92 Å². The maximum atomic E-state index is 12.3. The fourth-order valence-electron chi connectivity index (χ4n) is 2.32. The van der Waals surface area contributed by atoms with E-state index in [-0.39, 0.29) is 23.5 Å². The summed E-state index contributed by atoms with van der Waals surface area (Å²) in [5.74, 6) is 0.235. The largest absolute Gasteiger partial charge is 0.396 e. The van der Waals surface area contributed by atoms with E-state index in [0.29, 0.717) is 19.6 Å². The molecule has 2 N–H and O–H groups in total. The molecule has 1 aliphatic heterocycles. The number of benzene rings is 1. The van der Waals surface area contributed by atoms with Gasteiger partial charge in [0, 0.05) is 25.2 Å². The van der Waals surface area contributed by atoms with E-state index in [4.69, 9.17) is 9.84 Å². The molecule has 0 spiro atoms. The number of sulfonamides is 1. The normalized spacial score (nSPS) is 21.0. The van der Waals surface area contributed by atoms with Crippen LogP contribution in [0.3, 0.4) is 0 Å². The summed E-state index contributed by atoms with van der Waals surface area (Å²) in [7, 11) is -3.50. The molecule has 1 aliphatic rings. The van der Waals surface area contributed by atoms with Crippen LogP contribution in [0.15, 0.2) is 29.2 Å². The summed E-state index contributed by atoms with van der Waals surface area (Å²) >= 11 is 0. The molecular formula is C14H21NO4S. The van der Waals surface area contributed by atoms with E-state index >= 15 is 0 Å². The van der Waals surface area contributed by atoms with Gasteiger partial charge >= 0.3 is 0 Å². The SMILES string of the molecule is CC(NS(=O)(=O)c1ccc(CCO)cc1)C1CCOC1. The van der Waals surface area contributed by atoms with Crippen LogP contribution in [-0.4, -0.2) is 39.4 Å². The van der Waals surface area contributed by atoms with Crippen molar-refractivity contribution in [1.82, 2.24) is 4.72 Å². The van der Waals surface area contributed by atoms with E-state index in [9.17, 15) is 8.42 Å². The molecule has 0 aromatic heterocycles. The van der Waals surface area contributed by atoms with E-state index in [0.717, 1.165) is 12.0 Å². The summed E-state index contributed by atoms with van der Waals surface area (Å²) in [6.45, 7) is 3.24. The topological polar surface area (TPSA) is 75.6 Å². The minimum Gasteiger partial charge on any atom is -0.396 e. The van der Waals surface area contributed by atoms with Crippen LogP contribution in [-0.2, 0) is 21.2 Å². The van der Waals surface area contributed by atoms with Crippen LogP contribution in [0.2, 0.25) is 0 Å². The molecule has 0 radical (unpaired) electrons. The molecular weight excluding hydrogens is 278 g/mol. The van der Waals surface area contributed by atoms with Crippen LogP contribution in [0.5, 0.6) is 0 Å². The summed E-state index contributed by atoms with van der Waals surface area (Å²) in [5, 5.41) is 8.85. The highest BCUT2D eigenvalue weighted by molar-refractivity contribution is 7.89. The molecule has 1 aromatic carbocycles. The lowest BCUT2D eigenvalue weighted by Gasteiger charge is -2.19. The molecule has 1 heterocycles. The Hall–Kier alpha value is -0.950. The Morgan fingerprint density at radius 1 is 1.40 bits per heavy atom. The van der Waals surface area contributed by atoms with Crippen molar-refractivity contribution in [1.29, 1.82) is 0 Å². The van der Waals surface area contributed by atoms with Gasteiger partial charge in [-0.25, -0.2) is 13.1 Å². The first kappa shape index (κ1) is 15.4. The second-order valence-corrected chi connectivity index (χ2v) is 6.87. The number of hydrogen-bond donors (Lipinski definition) is 2. The molecule has 0 saturated carbocycles. The Morgan fingerprint density at radius 2 is 2.10 bits per heavy atom. The Bertz CT molecular complexity index is 521. The number of ether oxygens (including phenoxy) is 1.